The van der Waals surface area contributed by atoms with Crippen LogP contribution in [-0.4, -0.2) is 16.1 Å². The van der Waals surface area contributed by atoms with E-state index in [0.29, 0.717) is 6.04 Å². The molecule has 1 N–H and O–H groups in total. The summed E-state index contributed by atoms with van der Waals surface area (Å²) in [5.41, 5.74) is 1.43. The van der Waals surface area contributed by atoms with Gasteiger partial charge in [0.15, 0.2) is 0 Å². The van der Waals surface area contributed by atoms with E-state index in [9.17, 15) is 0 Å². The molecule has 1 saturated heterocycles. The fourth-order valence-corrected chi connectivity index (χ4v) is 2.83. The molecule has 1 aromatic heterocycles. The van der Waals surface area contributed by atoms with Gasteiger partial charge >= 0.3 is 0 Å². The molecule has 3 heteroatoms. The van der Waals surface area contributed by atoms with Crippen molar-refractivity contribution >= 4 is 0 Å². The quantitative estimate of drug-likeness (QED) is 0.758. The second-order valence-electron chi connectivity index (χ2n) is 5.00. The molecule has 2 aliphatic rings. The molecule has 3 heterocycles. The van der Waals surface area contributed by atoms with Crippen molar-refractivity contribution in [3.8, 4) is 0 Å². The number of hydrogen-bond donors (Lipinski definition) is 1. The third-order valence-corrected chi connectivity index (χ3v) is 3.76. The number of aromatic nitrogens is 2. The van der Waals surface area contributed by atoms with Crippen LogP contribution in [0, 0.1) is 5.92 Å². The number of hydrogen-bond acceptors (Lipinski definition) is 2. The Labute approximate surface area is 90.9 Å². The monoisotopic (exact) mass is 205 g/mol. The first-order chi connectivity index (χ1) is 7.34. The molecule has 0 spiro atoms. The minimum atomic E-state index is 0.569. The van der Waals surface area contributed by atoms with E-state index in [4.69, 9.17) is 0 Å². The fourth-order valence-electron chi connectivity index (χ4n) is 2.83. The van der Waals surface area contributed by atoms with Crippen LogP contribution in [0.1, 0.15) is 43.7 Å². The van der Waals surface area contributed by atoms with Crippen LogP contribution in [0.25, 0.3) is 0 Å². The second-order valence-corrected chi connectivity index (χ2v) is 5.00. The summed E-state index contributed by atoms with van der Waals surface area (Å²) in [7, 11) is 0. The maximum Gasteiger partial charge on any atom is 0.109 e. The Balaban J connectivity index is 1.90. The summed E-state index contributed by atoms with van der Waals surface area (Å²) in [6.45, 7) is 4.66. The molecule has 15 heavy (non-hydrogen) atoms. The Bertz CT molecular complexity index is 350. The van der Waals surface area contributed by atoms with Gasteiger partial charge in [-0.25, -0.2) is 4.98 Å². The molecule has 3 nitrogen and oxygen atoms in total. The van der Waals surface area contributed by atoms with Crippen molar-refractivity contribution in [2.24, 2.45) is 5.92 Å². The minimum absolute atomic E-state index is 0.569. The van der Waals surface area contributed by atoms with Crippen LogP contribution in [0.5, 0.6) is 0 Å². The number of nitrogens with one attached hydrogen (secondary N) is 1. The van der Waals surface area contributed by atoms with Gasteiger partial charge < -0.3 is 9.88 Å². The second kappa shape index (κ2) is 3.63. The van der Waals surface area contributed by atoms with Gasteiger partial charge in [-0.3, -0.25) is 0 Å². The normalized spacial score (nSPS) is 30.5. The summed E-state index contributed by atoms with van der Waals surface area (Å²) < 4.78 is 2.45. The third kappa shape index (κ3) is 1.59. The van der Waals surface area contributed by atoms with Gasteiger partial charge in [0, 0.05) is 19.0 Å². The molecule has 2 aliphatic heterocycles. The molecule has 1 aromatic rings. The van der Waals surface area contributed by atoms with E-state index < -0.39 is 0 Å². The molecule has 82 valence electrons. The van der Waals surface area contributed by atoms with Gasteiger partial charge in [-0.05, 0) is 31.7 Å². The molecule has 0 saturated carbocycles. The Hall–Kier alpha value is -0.830. The first-order valence-electron chi connectivity index (χ1n) is 6.12. The van der Waals surface area contributed by atoms with E-state index in [1.165, 1.54) is 43.9 Å². The lowest BCUT2D eigenvalue weighted by atomic mass is 10.00. The maximum absolute atomic E-state index is 4.57. The molecule has 0 aromatic carbocycles. The van der Waals surface area contributed by atoms with Gasteiger partial charge in [-0.15, -0.1) is 0 Å². The van der Waals surface area contributed by atoms with E-state index in [1.54, 1.807) is 0 Å². The average Bonchev–Trinajstić information content (AvgIpc) is 2.82. The molecular formula is C12H19N3. The summed E-state index contributed by atoms with van der Waals surface area (Å²) in [5.74, 6) is 2.11. The van der Waals surface area contributed by atoms with Crippen LogP contribution < -0.4 is 5.32 Å². The van der Waals surface area contributed by atoms with Crippen LogP contribution in [0.3, 0.4) is 0 Å². The van der Waals surface area contributed by atoms with Gasteiger partial charge in [0.2, 0.25) is 0 Å². The van der Waals surface area contributed by atoms with Gasteiger partial charge in [0.05, 0.1) is 11.9 Å². The van der Waals surface area contributed by atoms with Crippen LogP contribution >= 0.6 is 0 Å². The molecule has 0 radical (unpaired) electrons. The van der Waals surface area contributed by atoms with Gasteiger partial charge in [-0.1, -0.05) is 6.92 Å². The van der Waals surface area contributed by atoms with Crippen molar-refractivity contribution in [3.63, 3.8) is 0 Å². The maximum atomic E-state index is 4.57. The van der Waals surface area contributed by atoms with Crippen LogP contribution in [0.15, 0.2) is 6.20 Å². The van der Waals surface area contributed by atoms with Crippen LogP contribution in [-0.2, 0) is 13.0 Å². The third-order valence-electron chi connectivity index (χ3n) is 3.76. The zero-order chi connectivity index (χ0) is 10.3. The first kappa shape index (κ1) is 9.40. The van der Waals surface area contributed by atoms with Crippen molar-refractivity contribution in [3.05, 3.63) is 17.7 Å². The zero-order valence-corrected chi connectivity index (χ0v) is 9.37. The molecule has 0 bridgehead atoms. The minimum Gasteiger partial charge on any atom is -0.331 e. The Morgan fingerprint density at radius 2 is 2.40 bits per heavy atom. The van der Waals surface area contributed by atoms with Crippen molar-refractivity contribution < 1.29 is 0 Å². The molecule has 0 aliphatic carbocycles. The summed E-state index contributed by atoms with van der Waals surface area (Å²) in [4.78, 5) is 4.57. The number of nitrogens with zero attached hydrogens (tertiary/aromatic N) is 2. The molecule has 2 unspecified atom stereocenters. The number of rotatable bonds is 1. The lowest BCUT2D eigenvalue weighted by Crippen LogP contribution is -2.22. The average molecular weight is 205 g/mol. The standard InChI is InChI=1S/C12H19N3/c1-9-4-6-15-11(8-14-12(15)7-9)10-3-2-5-13-10/h8-10,13H,2-7H2,1H3. The van der Waals surface area contributed by atoms with Crippen molar-refractivity contribution in [1.82, 2.24) is 14.9 Å². The van der Waals surface area contributed by atoms with Gasteiger partial charge in [0.25, 0.3) is 0 Å². The van der Waals surface area contributed by atoms with E-state index in [2.05, 4.69) is 28.0 Å². The van der Waals surface area contributed by atoms with Crippen molar-refractivity contribution in [2.45, 2.75) is 45.2 Å². The number of imidazole rings is 1. The van der Waals surface area contributed by atoms with E-state index >= 15 is 0 Å². The zero-order valence-electron chi connectivity index (χ0n) is 9.37. The SMILES string of the molecule is CC1CCn2c(C3CCCN3)cnc2C1. The lowest BCUT2D eigenvalue weighted by Gasteiger charge is -2.23. The smallest absolute Gasteiger partial charge is 0.109 e. The van der Waals surface area contributed by atoms with Gasteiger partial charge in [-0.2, -0.15) is 0 Å². The highest BCUT2D eigenvalue weighted by Gasteiger charge is 2.24. The van der Waals surface area contributed by atoms with Crippen LogP contribution in [0.2, 0.25) is 0 Å². The summed E-state index contributed by atoms with van der Waals surface area (Å²) in [6, 6.07) is 0.569. The Kier molecular flexibility index (Phi) is 2.28. The Morgan fingerprint density at radius 3 is 3.20 bits per heavy atom. The largest absolute Gasteiger partial charge is 0.331 e. The van der Waals surface area contributed by atoms with Crippen LogP contribution in [0.4, 0.5) is 0 Å². The fraction of sp³-hybridized carbons (Fsp3) is 0.750. The topological polar surface area (TPSA) is 29.9 Å². The van der Waals surface area contributed by atoms with E-state index in [0.717, 1.165) is 12.3 Å². The number of fused-ring (bicyclic) bond motifs is 1. The molecule has 0 amide bonds. The van der Waals surface area contributed by atoms with Gasteiger partial charge in [0.1, 0.15) is 5.82 Å². The molecule has 3 rings (SSSR count). The highest BCUT2D eigenvalue weighted by molar-refractivity contribution is 5.13. The highest BCUT2D eigenvalue weighted by Crippen LogP contribution is 2.28. The van der Waals surface area contributed by atoms with E-state index in [-0.39, 0.29) is 0 Å². The highest BCUT2D eigenvalue weighted by atomic mass is 15.1. The summed E-state index contributed by atoms with van der Waals surface area (Å²) >= 11 is 0. The van der Waals surface area contributed by atoms with Crippen molar-refractivity contribution in [1.29, 1.82) is 0 Å². The lowest BCUT2D eigenvalue weighted by molar-refractivity contribution is 0.394. The first-order valence-corrected chi connectivity index (χ1v) is 6.12. The summed E-state index contributed by atoms with van der Waals surface area (Å²) in [6.07, 6.45) is 7.15. The molecular weight excluding hydrogens is 186 g/mol. The predicted octanol–water partition coefficient (Wildman–Crippen LogP) is 1.89. The molecule has 1 fully saturated rings. The van der Waals surface area contributed by atoms with E-state index in [1.807, 2.05) is 0 Å². The van der Waals surface area contributed by atoms with Crippen molar-refractivity contribution in [2.75, 3.05) is 6.54 Å². The summed E-state index contributed by atoms with van der Waals surface area (Å²) in [5, 5.41) is 3.56. The molecule has 2 atom stereocenters. The Morgan fingerprint density at radius 1 is 1.47 bits per heavy atom. The predicted molar refractivity (Wildman–Crippen MR) is 59.7 cm³/mol.